The summed E-state index contributed by atoms with van der Waals surface area (Å²) in [5.74, 6) is -1.84. The highest BCUT2D eigenvalue weighted by Crippen LogP contribution is 2.37. The summed E-state index contributed by atoms with van der Waals surface area (Å²) in [5, 5.41) is 23.0. The van der Waals surface area contributed by atoms with Crippen LogP contribution in [0.2, 0.25) is 0 Å². The molecule has 0 amide bonds. The standard InChI is InChI=1S/C24H24N4O5S/c1-15(2)33-23-9-6-17(12-16(23)13-25)28-11-10-21(26-28)19-4-3-5-20-18(19)7-8-22(20)27-34(31,32)14-24(29)30/h3-6,9-12,15,22,27H,7-8,14H2,1-2H3,(H,29,30)/t22-/m1/s1. The number of nitriles is 1. The van der Waals surface area contributed by atoms with Gasteiger partial charge in [0.25, 0.3) is 0 Å². The Bertz CT molecular complexity index is 1390. The highest BCUT2D eigenvalue weighted by molar-refractivity contribution is 7.90. The van der Waals surface area contributed by atoms with Crippen molar-refractivity contribution in [2.75, 3.05) is 5.75 Å². The molecule has 0 unspecified atom stereocenters. The second-order valence-electron chi connectivity index (χ2n) is 8.34. The predicted octanol–water partition coefficient (Wildman–Crippen LogP) is 3.19. The van der Waals surface area contributed by atoms with Crippen LogP contribution in [0.25, 0.3) is 16.9 Å². The molecule has 10 heteroatoms. The van der Waals surface area contributed by atoms with E-state index in [0.29, 0.717) is 35.5 Å². The molecule has 4 rings (SSSR count). The van der Waals surface area contributed by atoms with Crippen LogP contribution in [0.5, 0.6) is 5.75 Å². The molecule has 1 aliphatic rings. The van der Waals surface area contributed by atoms with Crippen molar-refractivity contribution < 1.29 is 23.1 Å². The molecule has 0 saturated heterocycles. The van der Waals surface area contributed by atoms with Crippen molar-refractivity contribution in [3.63, 3.8) is 0 Å². The fourth-order valence-electron chi connectivity index (χ4n) is 4.15. The summed E-state index contributed by atoms with van der Waals surface area (Å²) in [6.07, 6.45) is 2.93. The Morgan fingerprint density at radius 1 is 1.32 bits per heavy atom. The lowest BCUT2D eigenvalue weighted by molar-refractivity contribution is -0.134. The minimum absolute atomic E-state index is 0.0492. The summed E-state index contributed by atoms with van der Waals surface area (Å²) in [6, 6.07) is 14.5. The van der Waals surface area contributed by atoms with Crippen molar-refractivity contribution in [1.29, 1.82) is 5.26 Å². The lowest BCUT2D eigenvalue weighted by Crippen LogP contribution is -2.32. The summed E-state index contributed by atoms with van der Waals surface area (Å²) in [5.41, 5.74) is 4.53. The van der Waals surface area contributed by atoms with E-state index >= 15 is 0 Å². The van der Waals surface area contributed by atoms with E-state index in [1.54, 1.807) is 23.0 Å². The van der Waals surface area contributed by atoms with E-state index in [1.807, 2.05) is 44.2 Å². The van der Waals surface area contributed by atoms with Crippen LogP contribution >= 0.6 is 0 Å². The van der Waals surface area contributed by atoms with Gasteiger partial charge in [-0.25, -0.2) is 17.8 Å². The Morgan fingerprint density at radius 2 is 2.12 bits per heavy atom. The molecular weight excluding hydrogens is 456 g/mol. The molecule has 3 aromatic rings. The summed E-state index contributed by atoms with van der Waals surface area (Å²) in [7, 11) is -3.94. The maximum Gasteiger partial charge on any atom is 0.320 e. The van der Waals surface area contributed by atoms with E-state index in [-0.39, 0.29) is 6.10 Å². The number of hydrogen-bond donors (Lipinski definition) is 2. The number of carboxylic acids is 1. The van der Waals surface area contributed by atoms with Crippen LogP contribution in [-0.4, -0.2) is 41.1 Å². The number of hydrogen-bond acceptors (Lipinski definition) is 6. The third-order valence-corrected chi connectivity index (χ3v) is 6.75. The Hall–Kier alpha value is -3.68. The quantitative estimate of drug-likeness (QED) is 0.506. The van der Waals surface area contributed by atoms with E-state index in [9.17, 15) is 18.5 Å². The lowest BCUT2D eigenvalue weighted by atomic mass is 10.0. The Labute approximate surface area is 197 Å². The van der Waals surface area contributed by atoms with Crippen molar-refractivity contribution in [1.82, 2.24) is 14.5 Å². The molecule has 0 spiro atoms. The smallest absolute Gasteiger partial charge is 0.320 e. The fourth-order valence-corrected chi connectivity index (χ4v) is 5.24. The zero-order chi connectivity index (χ0) is 24.5. The van der Waals surface area contributed by atoms with Gasteiger partial charge in [0.2, 0.25) is 10.0 Å². The molecule has 2 N–H and O–H groups in total. The molecular formula is C24H24N4O5S. The summed E-state index contributed by atoms with van der Waals surface area (Å²) < 4.78 is 34.1. The largest absolute Gasteiger partial charge is 0.490 e. The van der Waals surface area contributed by atoms with Gasteiger partial charge in [-0.1, -0.05) is 18.2 Å². The highest BCUT2D eigenvalue weighted by atomic mass is 32.2. The predicted molar refractivity (Wildman–Crippen MR) is 125 cm³/mol. The second kappa shape index (κ2) is 9.29. The van der Waals surface area contributed by atoms with E-state index in [0.717, 1.165) is 16.7 Å². The van der Waals surface area contributed by atoms with Gasteiger partial charge in [0.05, 0.1) is 23.0 Å². The zero-order valence-electron chi connectivity index (χ0n) is 18.7. The normalized spacial score (nSPS) is 15.2. The average molecular weight is 481 g/mol. The lowest BCUT2D eigenvalue weighted by Gasteiger charge is -2.14. The van der Waals surface area contributed by atoms with Crippen LogP contribution in [0, 0.1) is 11.3 Å². The maximum atomic E-state index is 12.1. The SMILES string of the molecule is CC(C)Oc1ccc(-n2ccc(-c3cccc4c3CC[C@H]4NS(=O)(=O)CC(=O)O)n2)cc1C#N. The van der Waals surface area contributed by atoms with Gasteiger partial charge in [-0.3, -0.25) is 4.79 Å². The molecule has 1 aliphatic carbocycles. The minimum atomic E-state index is -3.94. The number of carbonyl (C=O) groups is 1. The number of nitrogens with zero attached hydrogens (tertiary/aromatic N) is 3. The molecule has 176 valence electrons. The average Bonchev–Trinajstić information content (AvgIpc) is 3.40. The van der Waals surface area contributed by atoms with Gasteiger partial charge < -0.3 is 9.84 Å². The fraction of sp³-hybridized carbons (Fsp3) is 0.292. The molecule has 0 saturated carbocycles. The molecule has 1 aromatic heterocycles. The molecule has 0 aliphatic heterocycles. The third kappa shape index (κ3) is 4.95. The number of benzene rings is 2. The first-order chi connectivity index (χ1) is 16.2. The van der Waals surface area contributed by atoms with E-state index < -0.39 is 27.8 Å². The summed E-state index contributed by atoms with van der Waals surface area (Å²) >= 11 is 0. The van der Waals surface area contributed by atoms with Crippen molar-refractivity contribution >= 4 is 16.0 Å². The number of aliphatic carboxylic acids is 1. The topological polar surface area (TPSA) is 134 Å². The van der Waals surface area contributed by atoms with Gasteiger partial charge in [0, 0.05) is 17.8 Å². The molecule has 0 radical (unpaired) electrons. The monoisotopic (exact) mass is 480 g/mol. The van der Waals surface area contributed by atoms with Gasteiger partial charge in [0.15, 0.2) is 5.75 Å². The van der Waals surface area contributed by atoms with Crippen LogP contribution in [0.1, 0.15) is 43.0 Å². The number of fused-ring (bicyclic) bond motifs is 1. The van der Waals surface area contributed by atoms with Crippen molar-refractivity contribution in [2.24, 2.45) is 0 Å². The van der Waals surface area contributed by atoms with Crippen LogP contribution in [0.4, 0.5) is 0 Å². The number of rotatable bonds is 8. The van der Waals surface area contributed by atoms with E-state index in [4.69, 9.17) is 9.84 Å². The number of ether oxygens (including phenoxy) is 1. The van der Waals surface area contributed by atoms with Crippen LogP contribution in [0.15, 0.2) is 48.7 Å². The Balaban J connectivity index is 1.62. The Kier molecular flexibility index (Phi) is 6.41. The van der Waals surface area contributed by atoms with Crippen molar-refractivity contribution in [2.45, 2.75) is 38.8 Å². The third-order valence-electron chi connectivity index (χ3n) is 5.48. The number of carboxylic acid groups (broad SMARTS) is 1. The highest BCUT2D eigenvalue weighted by Gasteiger charge is 2.29. The second-order valence-corrected chi connectivity index (χ2v) is 10.1. The molecule has 34 heavy (non-hydrogen) atoms. The zero-order valence-corrected chi connectivity index (χ0v) is 19.5. The van der Waals surface area contributed by atoms with Crippen molar-refractivity contribution in [3.8, 4) is 28.8 Å². The number of sulfonamides is 1. The van der Waals surface area contributed by atoms with Gasteiger partial charge in [-0.05, 0) is 62.1 Å². The summed E-state index contributed by atoms with van der Waals surface area (Å²) in [4.78, 5) is 10.8. The van der Waals surface area contributed by atoms with E-state index in [2.05, 4.69) is 15.9 Å². The van der Waals surface area contributed by atoms with Gasteiger partial charge in [-0.2, -0.15) is 10.4 Å². The molecule has 1 heterocycles. The molecule has 0 bridgehead atoms. The first-order valence-corrected chi connectivity index (χ1v) is 12.4. The number of aromatic nitrogens is 2. The van der Waals surface area contributed by atoms with Crippen LogP contribution in [0.3, 0.4) is 0 Å². The van der Waals surface area contributed by atoms with Gasteiger partial charge in [0.1, 0.15) is 11.8 Å². The van der Waals surface area contributed by atoms with Gasteiger partial charge in [-0.15, -0.1) is 0 Å². The summed E-state index contributed by atoms with van der Waals surface area (Å²) in [6.45, 7) is 3.80. The minimum Gasteiger partial charge on any atom is -0.490 e. The Morgan fingerprint density at radius 3 is 2.82 bits per heavy atom. The number of nitrogens with one attached hydrogen (secondary N) is 1. The van der Waals surface area contributed by atoms with Crippen molar-refractivity contribution in [3.05, 3.63) is 65.4 Å². The van der Waals surface area contributed by atoms with E-state index in [1.165, 1.54) is 0 Å². The molecule has 9 nitrogen and oxygen atoms in total. The van der Waals surface area contributed by atoms with Crippen LogP contribution in [-0.2, 0) is 21.2 Å². The molecule has 2 aromatic carbocycles. The maximum absolute atomic E-state index is 12.1. The van der Waals surface area contributed by atoms with Crippen LogP contribution < -0.4 is 9.46 Å². The van der Waals surface area contributed by atoms with Gasteiger partial charge >= 0.3 is 5.97 Å². The molecule has 0 fully saturated rings. The first-order valence-electron chi connectivity index (χ1n) is 10.8. The molecule has 1 atom stereocenters. The first kappa shape index (κ1) is 23.5.